The normalized spacial score (nSPS) is 37.0. The van der Waals surface area contributed by atoms with E-state index in [1.807, 2.05) is 0 Å². The first-order chi connectivity index (χ1) is 11.5. The van der Waals surface area contributed by atoms with E-state index in [4.69, 9.17) is 4.74 Å². The lowest BCUT2D eigenvalue weighted by atomic mass is 9.81. The van der Waals surface area contributed by atoms with Gasteiger partial charge in [0.05, 0.1) is 30.2 Å². The molecule has 1 aromatic rings. The fourth-order valence-corrected chi connectivity index (χ4v) is 6.41. The van der Waals surface area contributed by atoms with Crippen LogP contribution in [0.1, 0.15) is 16.8 Å². The number of imide groups is 1. The number of nitrogens with zero attached hydrogens (tertiary/aromatic N) is 1. The van der Waals surface area contributed by atoms with Gasteiger partial charge in [0.2, 0.25) is 11.8 Å². The Bertz CT molecular complexity index is 720. The number of halogens is 2. The van der Waals surface area contributed by atoms with Gasteiger partial charge in [0.25, 0.3) is 0 Å². The number of alkyl halides is 2. The molecule has 0 aromatic heterocycles. The lowest BCUT2D eigenvalue weighted by Crippen LogP contribution is -2.37. The maximum atomic E-state index is 13.0. The second-order valence-corrected chi connectivity index (χ2v) is 8.64. The molecule has 2 saturated carbocycles. The molecule has 5 nitrogen and oxygen atoms in total. The molecular weight excluding hydrogens is 442 g/mol. The minimum atomic E-state index is -0.553. The molecule has 7 heteroatoms. The Hall–Kier alpha value is -1.21. The Morgan fingerprint density at radius 3 is 2.17 bits per heavy atom. The van der Waals surface area contributed by atoms with Crippen LogP contribution in [0.5, 0.6) is 0 Å². The number of anilines is 1. The second-order valence-electron chi connectivity index (χ2n) is 6.52. The summed E-state index contributed by atoms with van der Waals surface area (Å²) in [4.78, 5) is 39.6. The van der Waals surface area contributed by atoms with Gasteiger partial charge in [-0.25, -0.2) is 9.69 Å². The molecule has 24 heavy (non-hydrogen) atoms. The molecule has 2 bridgehead atoms. The van der Waals surface area contributed by atoms with Gasteiger partial charge < -0.3 is 4.74 Å². The number of hydrogen-bond acceptors (Lipinski definition) is 4. The Labute approximate surface area is 156 Å². The number of hydrogen-bond donors (Lipinski definition) is 0. The molecule has 0 N–H and O–H groups in total. The first-order valence-electron chi connectivity index (χ1n) is 7.80. The first-order valence-corrected chi connectivity index (χ1v) is 9.63. The van der Waals surface area contributed by atoms with Crippen LogP contribution in [-0.2, 0) is 14.3 Å². The summed E-state index contributed by atoms with van der Waals surface area (Å²) in [6.07, 6.45) is 0.880. The SMILES string of the molecule is COC(=O)c1ccccc1N1C(=O)[C@H]2[C@@H]3C[C@H]([C@@H](Br)[C@H]3Br)[C@@H]2C1=O. The van der Waals surface area contributed by atoms with Crippen molar-refractivity contribution in [1.29, 1.82) is 0 Å². The van der Waals surface area contributed by atoms with Crippen LogP contribution in [-0.4, -0.2) is 34.5 Å². The number of ether oxygens (including phenoxy) is 1. The Morgan fingerprint density at radius 2 is 1.62 bits per heavy atom. The summed E-state index contributed by atoms with van der Waals surface area (Å²) in [5, 5.41) is 0. The van der Waals surface area contributed by atoms with E-state index in [0.717, 1.165) is 6.42 Å². The van der Waals surface area contributed by atoms with Crippen molar-refractivity contribution in [2.45, 2.75) is 16.1 Å². The van der Waals surface area contributed by atoms with Gasteiger partial charge in [-0.2, -0.15) is 0 Å². The maximum Gasteiger partial charge on any atom is 0.339 e. The van der Waals surface area contributed by atoms with Gasteiger partial charge in [0.15, 0.2) is 0 Å². The van der Waals surface area contributed by atoms with E-state index in [2.05, 4.69) is 31.9 Å². The van der Waals surface area contributed by atoms with E-state index < -0.39 is 5.97 Å². The van der Waals surface area contributed by atoms with Gasteiger partial charge in [-0.3, -0.25) is 9.59 Å². The van der Waals surface area contributed by atoms with E-state index in [0.29, 0.717) is 5.69 Å². The molecular formula is C17H15Br2NO4. The van der Waals surface area contributed by atoms with Crippen LogP contribution in [0.25, 0.3) is 0 Å². The number of carbonyl (C=O) groups is 3. The summed E-state index contributed by atoms with van der Waals surface area (Å²) >= 11 is 7.33. The third-order valence-electron chi connectivity index (χ3n) is 5.54. The molecule has 3 fully saturated rings. The smallest absolute Gasteiger partial charge is 0.339 e. The molecule has 1 aromatic carbocycles. The van der Waals surface area contributed by atoms with Crippen LogP contribution in [0.15, 0.2) is 24.3 Å². The minimum absolute atomic E-state index is 0.149. The van der Waals surface area contributed by atoms with Gasteiger partial charge in [-0.1, -0.05) is 44.0 Å². The van der Waals surface area contributed by atoms with E-state index >= 15 is 0 Å². The average molecular weight is 457 g/mol. The molecule has 1 aliphatic heterocycles. The highest BCUT2D eigenvalue weighted by molar-refractivity contribution is 9.12. The van der Waals surface area contributed by atoms with Crippen molar-refractivity contribution < 1.29 is 19.1 Å². The number of amides is 2. The van der Waals surface area contributed by atoms with Crippen molar-refractivity contribution in [3.63, 3.8) is 0 Å². The standard InChI is InChI=1S/C17H15Br2NO4/c1-24-17(23)7-4-2-3-5-10(7)20-15(21)11-8-6-9(12(11)16(20)22)14(19)13(8)18/h2-5,8-9,11-14H,6H2,1H3/t8-,9-,11-,12-,13-,14+/m0/s1. The Kier molecular flexibility index (Phi) is 3.84. The van der Waals surface area contributed by atoms with Crippen LogP contribution in [0, 0.1) is 23.7 Å². The lowest BCUT2D eigenvalue weighted by Gasteiger charge is -2.28. The van der Waals surface area contributed by atoms with Crippen LogP contribution in [0.3, 0.4) is 0 Å². The predicted molar refractivity (Wildman–Crippen MR) is 94.3 cm³/mol. The summed E-state index contributed by atoms with van der Waals surface area (Å²) in [6.45, 7) is 0. The largest absolute Gasteiger partial charge is 0.465 e. The summed E-state index contributed by atoms with van der Waals surface area (Å²) in [6, 6.07) is 6.60. The van der Waals surface area contributed by atoms with Crippen molar-refractivity contribution in [2.75, 3.05) is 12.0 Å². The fraction of sp³-hybridized carbons (Fsp3) is 0.471. The predicted octanol–water partition coefficient (Wildman–Crippen LogP) is 2.76. The first kappa shape index (κ1) is 16.3. The molecule has 0 spiro atoms. The summed E-state index contributed by atoms with van der Waals surface area (Å²) in [7, 11) is 1.28. The fourth-order valence-electron chi connectivity index (χ4n) is 4.54. The number of fused-ring (bicyclic) bond motifs is 5. The maximum absolute atomic E-state index is 13.0. The lowest BCUT2D eigenvalue weighted by molar-refractivity contribution is -0.123. The van der Waals surface area contributed by atoms with Crippen LogP contribution in [0.4, 0.5) is 5.69 Å². The molecule has 2 amide bonds. The quantitative estimate of drug-likeness (QED) is 0.390. The van der Waals surface area contributed by atoms with E-state index in [9.17, 15) is 14.4 Å². The monoisotopic (exact) mass is 455 g/mol. The zero-order valence-electron chi connectivity index (χ0n) is 12.8. The van der Waals surface area contributed by atoms with Gasteiger partial charge >= 0.3 is 5.97 Å². The van der Waals surface area contributed by atoms with Gasteiger partial charge in [-0.15, -0.1) is 0 Å². The van der Waals surface area contributed by atoms with Crippen molar-refractivity contribution in [3.05, 3.63) is 29.8 Å². The van der Waals surface area contributed by atoms with Crippen molar-refractivity contribution in [2.24, 2.45) is 23.7 Å². The van der Waals surface area contributed by atoms with Crippen LogP contribution >= 0.6 is 31.9 Å². The number of benzene rings is 1. The molecule has 0 unspecified atom stereocenters. The van der Waals surface area contributed by atoms with Gasteiger partial charge in [-0.05, 0) is 30.4 Å². The topological polar surface area (TPSA) is 63.7 Å². The molecule has 1 saturated heterocycles. The summed E-state index contributed by atoms with van der Waals surface area (Å²) < 4.78 is 4.79. The molecule has 1 heterocycles. The van der Waals surface area contributed by atoms with E-state index in [1.165, 1.54) is 12.0 Å². The van der Waals surface area contributed by atoms with Gasteiger partial charge in [0.1, 0.15) is 0 Å². The number of carbonyl (C=O) groups excluding carboxylic acids is 3. The highest BCUT2D eigenvalue weighted by Gasteiger charge is 2.66. The number of esters is 1. The molecule has 6 atom stereocenters. The zero-order valence-corrected chi connectivity index (χ0v) is 16.0. The van der Waals surface area contributed by atoms with Crippen LogP contribution in [0.2, 0.25) is 0 Å². The molecule has 0 radical (unpaired) electrons. The van der Waals surface area contributed by atoms with Crippen molar-refractivity contribution in [3.8, 4) is 0 Å². The highest BCUT2D eigenvalue weighted by atomic mass is 79.9. The summed E-state index contributed by atoms with van der Waals surface area (Å²) in [5.41, 5.74) is 0.560. The van der Waals surface area contributed by atoms with Crippen molar-refractivity contribution >= 4 is 55.3 Å². The molecule has 126 valence electrons. The molecule has 2 aliphatic carbocycles. The Morgan fingerprint density at radius 1 is 1.08 bits per heavy atom. The third-order valence-corrected chi connectivity index (χ3v) is 8.74. The van der Waals surface area contributed by atoms with Gasteiger partial charge in [0, 0.05) is 9.65 Å². The number of para-hydroxylation sites is 1. The third kappa shape index (κ3) is 2.00. The number of rotatable bonds is 2. The molecule has 3 aliphatic rings. The summed E-state index contributed by atoms with van der Waals surface area (Å²) in [5.74, 6) is -1.25. The van der Waals surface area contributed by atoms with Crippen molar-refractivity contribution in [1.82, 2.24) is 0 Å². The zero-order chi connectivity index (χ0) is 17.2. The highest BCUT2D eigenvalue weighted by Crippen LogP contribution is 2.60. The minimum Gasteiger partial charge on any atom is -0.465 e. The molecule has 4 rings (SSSR count). The Balaban J connectivity index is 1.76. The average Bonchev–Trinajstić information content (AvgIpc) is 3.19. The number of methoxy groups -OCH3 is 1. The second kappa shape index (κ2) is 5.66. The van der Waals surface area contributed by atoms with E-state index in [1.54, 1.807) is 24.3 Å². The van der Waals surface area contributed by atoms with E-state index in [-0.39, 0.29) is 50.7 Å². The van der Waals surface area contributed by atoms with Crippen LogP contribution < -0.4 is 4.90 Å².